The zero-order valence-corrected chi connectivity index (χ0v) is 21.5. The van der Waals surface area contributed by atoms with E-state index in [1.165, 1.54) is 12.5 Å². The molecule has 0 aromatic carbocycles. The van der Waals surface area contributed by atoms with Crippen molar-refractivity contribution in [3.63, 3.8) is 0 Å². The van der Waals surface area contributed by atoms with Gasteiger partial charge in [-0.05, 0) is 105 Å². The Morgan fingerprint density at radius 1 is 1.18 bits per heavy atom. The molecule has 0 spiro atoms. The summed E-state index contributed by atoms with van der Waals surface area (Å²) in [6.45, 7) is 12.5. The minimum absolute atomic E-state index is 0.00367. The van der Waals surface area contributed by atoms with Crippen LogP contribution in [0.3, 0.4) is 0 Å². The lowest BCUT2D eigenvalue weighted by Crippen LogP contribution is -2.56. The largest absolute Gasteiger partial charge is 0.459 e. The van der Waals surface area contributed by atoms with E-state index < -0.39 is 11.7 Å². The van der Waals surface area contributed by atoms with Crippen LogP contribution in [0.1, 0.15) is 92.9 Å². The summed E-state index contributed by atoms with van der Waals surface area (Å²) in [6.07, 6.45) is 13.5. The Hall–Kier alpha value is -1.42. The molecule has 0 bridgehead atoms. The molecule has 8 atom stereocenters. The van der Waals surface area contributed by atoms with Crippen molar-refractivity contribution in [2.75, 3.05) is 0 Å². The van der Waals surface area contributed by atoms with Gasteiger partial charge >= 0.3 is 5.97 Å². The number of aliphatic hydroxyl groups is 1. The van der Waals surface area contributed by atoms with E-state index in [4.69, 9.17) is 4.74 Å². The van der Waals surface area contributed by atoms with Gasteiger partial charge in [0.05, 0.1) is 0 Å². The monoisotopic (exact) mass is 456 g/mol. The van der Waals surface area contributed by atoms with E-state index in [9.17, 15) is 14.7 Å². The van der Waals surface area contributed by atoms with Crippen LogP contribution in [0.4, 0.5) is 0 Å². The summed E-state index contributed by atoms with van der Waals surface area (Å²) in [6, 6.07) is 0. The van der Waals surface area contributed by atoms with Gasteiger partial charge in [0.2, 0.25) is 0 Å². The lowest BCUT2D eigenvalue weighted by molar-refractivity contribution is -0.182. The Morgan fingerprint density at radius 2 is 1.91 bits per heavy atom. The maximum atomic E-state index is 12.0. The first kappa shape index (κ1) is 24.7. The summed E-state index contributed by atoms with van der Waals surface area (Å²) in [5.41, 5.74) is 0.339. The van der Waals surface area contributed by atoms with E-state index in [1.807, 2.05) is 13.0 Å². The van der Waals surface area contributed by atoms with Crippen molar-refractivity contribution in [3.8, 4) is 0 Å². The van der Waals surface area contributed by atoms with E-state index in [0.29, 0.717) is 30.1 Å². The third kappa shape index (κ3) is 4.15. The Bertz CT molecular complexity index is 852. The maximum absolute atomic E-state index is 12.0. The molecule has 33 heavy (non-hydrogen) atoms. The highest BCUT2D eigenvalue weighted by Gasteiger charge is 2.62. The van der Waals surface area contributed by atoms with Crippen LogP contribution in [0.5, 0.6) is 0 Å². The molecule has 4 aliphatic rings. The van der Waals surface area contributed by atoms with Crippen LogP contribution in [0.2, 0.25) is 0 Å². The molecule has 4 aliphatic carbocycles. The Balaban J connectivity index is 1.59. The highest BCUT2D eigenvalue weighted by Crippen LogP contribution is 2.67. The summed E-state index contributed by atoms with van der Waals surface area (Å²) in [5, 5.41) is 12.0. The van der Waals surface area contributed by atoms with Crippen molar-refractivity contribution in [1.29, 1.82) is 0 Å². The molecule has 4 heteroatoms. The summed E-state index contributed by atoms with van der Waals surface area (Å²) in [5.74, 6) is 2.21. The van der Waals surface area contributed by atoms with Crippen molar-refractivity contribution in [1.82, 2.24) is 0 Å². The molecule has 184 valence electrons. The maximum Gasteiger partial charge on any atom is 0.303 e. The Labute approximate surface area is 200 Å². The van der Waals surface area contributed by atoms with Crippen molar-refractivity contribution in [2.45, 2.75) is 105 Å². The van der Waals surface area contributed by atoms with Gasteiger partial charge in [0.25, 0.3) is 0 Å². The first-order valence-corrected chi connectivity index (χ1v) is 13.2. The van der Waals surface area contributed by atoms with E-state index >= 15 is 0 Å². The molecule has 4 nitrogen and oxygen atoms in total. The molecule has 3 fully saturated rings. The second-order valence-electron chi connectivity index (χ2n) is 12.6. The van der Waals surface area contributed by atoms with Crippen molar-refractivity contribution in [3.05, 3.63) is 23.8 Å². The second kappa shape index (κ2) is 8.66. The zero-order valence-electron chi connectivity index (χ0n) is 21.5. The van der Waals surface area contributed by atoms with Gasteiger partial charge in [0.1, 0.15) is 11.7 Å². The average molecular weight is 457 g/mol. The molecule has 0 saturated heterocycles. The van der Waals surface area contributed by atoms with Crippen LogP contribution in [-0.4, -0.2) is 28.6 Å². The topological polar surface area (TPSA) is 63.6 Å². The molecule has 0 aromatic rings. The lowest BCUT2D eigenvalue weighted by atomic mass is 9.47. The third-order valence-corrected chi connectivity index (χ3v) is 10.2. The molecule has 0 amide bonds. The first-order valence-electron chi connectivity index (χ1n) is 13.2. The smallest absolute Gasteiger partial charge is 0.303 e. The average Bonchev–Trinajstić information content (AvgIpc) is 3.09. The number of hydrogen-bond donors (Lipinski definition) is 1. The highest BCUT2D eigenvalue weighted by molar-refractivity contribution is 6.01. The van der Waals surface area contributed by atoms with Crippen LogP contribution >= 0.6 is 0 Å². The molecular weight excluding hydrogens is 412 g/mol. The molecule has 4 rings (SSSR count). The predicted molar refractivity (Wildman–Crippen MR) is 130 cm³/mol. The number of carbonyl (C=O) groups is 2. The quantitative estimate of drug-likeness (QED) is 0.496. The van der Waals surface area contributed by atoms with Gasteiger partial charge in [-0.15, -0.1) is 0 Å². The number of carbonyl (C=O) groups excluding carboxylic acids is 2. The normalized spacial score (nSPS) is 40.4. The van der Waals surface area contributed by atoms with Gasteiger partial charge in [0, 0.05) is 12.3 Å². The van der Waals surface area contributed by atoms with Crippen LogP contribution in [0.25, 0.3) is 0 Å². The molecule has 0 radical (unpaired) electrons. The number of hydrogen-bond acceptors (Lipinski definition) is 4. The number of allylic oxidation sites excluding steroid dienone is 4. The fourth-order valence-electron chi connectivity index (χ4n) is 8.54. The van der Waals surface area contributed by atoms with E-state index in [0.717, 1.165) is 44.9 Å². The zero-order chi connectivity index (χ0) is 24.2. The molecule has 0 heterocycles. The number of esters is 1. The van der Waals surface area contributed by atoms with Gasteiger partial charge in [-0.2, -0.15) is 0 Å². The van der Waals surface area contributed by atoms with Crippen molar-refractivity contribution in [2.24, 2.45) is 40.4 Å². The van der Waals surface area contributed by atoms with Gasteiger partial charge in [-0.25, -0.2) is 0 Å². The van der Waals surface area contributed by atoms with Gasteiger partial charge < -0.3 is 9.84 Å². The Morgan fingerprint density at radius 3 is 2.58 bits per heavy atom. The SMILES string of the molecule is CC(=O)O[C@H](CCC(C)C)[C@](C)(O)[C@H]1CC[C@H]2[C@@H]3CCC4=CC(=O)C=C[C@]4(C)[C@H]3CC[C@]12C. The van der Waals surface area contributed by atoms with Crippen LogP contribution < -0.4 is 0 Å². The molecule has 3 saturated carbocycles. The lowest BCUT2D eigenvalue weighted by Gasteiger charge is -2.58. The number of ether oxygens (including phenoxy) is 1. The van der Waals surface area contributed by atoms with Gasteiger partial charge in [-0.1, -0.05) is 39.3 Å². The van der Waals surface area contributed by atoms with Crippen LogP contribution in [-0.2, 0) is 14.3 Å². The highest BCUT2D eigenvalue weighted by atomic mass is 16.6. The molecule has 1 N–H and O–H groups in total. The van der Waals surface area contributed by atoms with Gasteiger partial charge in [0.15, 0.2) is 5.78 Å². The summed E-state index contributed by atoms with van der Waals surface area (Å²) in [4.78, 5) is 24.0. The molecule has 0 aliphatic heterocycles. The first-order chi connectivity index (χ1) is 15.4. The van der Waals surface area contributed by atoms with E-state index in [1.54, 1.807) is 6.08 Å². The molecule has 0 unspecified atom stereocenters. The van der Waals surface area contributed by atoms with Crippen molar-refractivity contribution < 1.29 is 19.4 Å². The van der Waals surface area contributed by atoms with Gasteiger partial charge in [-0.3, -0.25) is 9.59 Å². The van der Waals surface area contributed by atoms with E-state index in [2.05, 4.69) is 33.8 Å². The third-order valence-electron chi connectivity index (χ3n) is 10.2. The summed E-state index contributed by atoms with van der Waals surface area (Å²) < 4.78 is 5.77. The standard InChI is InChI=1S/C29H44O4/c1-18(2)7-12-26(33-19(3)30)29(6,32)25-11-10-23-22-9-8-20-17-21(31)13-15-27(20,4)24(22)14-16-28(23,25)5/h13,15,17-18,22-26,32H,7-12,14,16H2,1-6H3/t22-,23-,24-,25-,26+,27-,28-,29+/m0/s1. The number of fused-ring (bicyclic) bond motifs is 5. The van der Waals surface area contributed by atoms with E-state index in [-0.39, 0.29) is 28.5 Å². The van der Waals surface area contributed by atoms with Crippen molar-refractivity contribution >= 4 is 11.8 Å². The summed E-state index contributed by atoms with van der Waals surface area (Å²) >= 11 is 0. The summed E-state index contributed by atoms with van der Waals surface area (Å²) in [7, 11) is 0. The second-order valence-corrected chi connectivity index (χ2v) is 12.6. The predicted octanol–water partition coefficient (Wildman–Crippen LogP) is 6.03. The number of rotatable bonds is 6. The minimum atomic E-state index is -1.03. The Kier molecular flexibility index (Phi) is 6.48. The van der Waals surface area contributed by atoms with Crippen LogP contribution in [0, 0.1) is 40.4 Å². The molecular formula is C29H44O4. The fourth-order valence-corrected chi connectivity index (χ4v) is 8.54. The van der Waals surface area contributed by atoms with Crippen LogP contribution in [0.15, 0.2) is 23.8 Å². The minimum Gasteiger partial charge on any atom is -0.459 e. The number of ketones is 1. The molecule has 0 aromatic heterocycles. The fraction of sp³-hybridized carbons (Fsp3) is 0.793.